The molecule has 0 saturated heterocycles. The van der Waals surface area contributed by atoms with Gasteiger partial charge in [0.25, 0.3) is 0 Å². The number of thioether (sulfide) groups is 1. The van der Waals surface area contributed by atoms with Crippen LogP contribution < -0.4 is 5.32 Å². The van der Waals surface area contributed by atoms with Gasteiger partial charge in [-0.25, -0.2) is 9.97 Å². The molecule has 1 heterocycles. The first kappa shape index (κ1) is 13.3. The van der Waals surface area contributed by atoms with E-state index in [2.05, 4.69) is 35.2 Å². The molecule has 4 nitrogen and oxygen atoms in total. The van der Waals surface area contributed by atoms with Crippen LogP contribution in [0.2, 0.25) is 0 Å². The maximum Gasteiger partial charge on any atom is 0.187 e. The Labute approximate surface area is 112 Å². The number of hydrogen-bond acceptors (Lipinski definition) is 5. The second-order valence-corrected chi connectivity index (χ2v) is 6.27. The van der Waals surface area contributed by atoms with E-state index in [9.17, 15) is 5.26 Å². The molecule has 0 radical (unpaired) electrons. The summed E-state index contributed by atoms with van der Waals surface area (Å²) in [5, 5.41) is 14.0. The molecule has 1 aliphatic carbocycles. The van der Waals surface area contributed by atoms with Crippen molar-refractivity contribution in [1.82, 2.24) is 15.3 Å². The minimum atomic E-state index is -0.361. The number of hydrogen-bond donors (Lipinski definition) is 1. The van der Waals surface area contributed by atoms with Gasteiger partial charge in [-0.15, -0.1) is 0 Å². The predicted molar refractivity (Wildman–Crippen MR) is 72.1 cm³/mol. The van der Waals surface area contributed by atoms with Crippen molar-refractivity contribution in [3.8, 4) is 6.07 Å². The smallest absolute Gasteiger partial charge is 0.187 e. The molecule has 0 spiro atoms. The van der Waals surface area contributed by atoms with Crippen LogP contribution in [0.4, 0.5) is 0 Å². The van der Waals surface area contributed by atoms with Crippen molar-refractivity contribution in [2.24, 2.45) is 0 Å². The lowest BCUT2D eigenvalue weighted by Crippen LogP contribution is -2.45. The quantitative estimate of drug-likeness (QED) is 0.844. The summed E-state index contributed by atoms with van der Waals surface area (Å²) in [6.45, 7) is 4.17. The lowest BCUT2D eigenvalue weighted by atomic mass is 9.99. The third kappa shape index (κ3) is 3.21. The highest BCUT2D eigenvalue weighted by molar-refractivity contribution is 7.99. The van der Waals surface area contributed by atoms with Crippen molar-refractivity contribution in [3.63, 3.8) is 0 Å². The van der Waals surface area contributed by atoms with Gasteiger partial charge in [0.05, 0.1) is 6.07 Å². The molecule has 1 saturated carbocycles. The molecule has 2 unspecified atom stereocenters. The molecular formula is C13H18N4S. The van der Waals surface area contributed by atoms with Crippen molar-refractivity contribution in [2.75, 3.05) is 0 Å². The van der Waals surface area contributed by atoms with Crippen molar-refractivity contribution in [1.29, 1.82) is 5.26 Å². The number of nitrogens with one attached hydrogen (secondary N) is 1. The normalized spacial score (nSPS) is 27.3. The second kappa shape index (κ2) is 5.68. The fourth-order valence-electron chi connectivity index (χ4n) is 2.41. The van der Waals surface area contributed by atoms with E-state index in [0.29, 0.717) is 11.3 Å². The molecule has 2 atom stereocenters. The Balaban J connectivity index is 1.97. The molecule has 0 aliphatic heterocycles. The van der Waals surface area contributed by atoms with Crippen LogP contribution in [0, 0.1) is 11.3 Å². The van der Waals surface area contributed by atoms with E-state index >= 15 is 0 Å². The van der Waals surface area contributed by atoms with E-state index in [1.165, 1.54) is 0 Å². The van der Waals surface area contributed by atoms with Gasteiger partial charge >= 0.3 is 0 Å². The summed E-state index contributed by atoms with van der Waals surface area (Å²) in [7, 11) is 0. The average molecular weight is 262 g/mol. The maximum absolute atomic E-state index is 9.40. The molecule has 0 bridgehead atoms. The van der Waals surface area contributed by atoms with E-state index in [4.69, 9.17) is 0 Å². The number of nitriles is 1. The zero-order valence-electron chi connectivity index (χ0n) is 10.8. The summed E-state index contributed by atoms with van der Waals surface area (Å²) in [5.74, 6) is 0. The molecule has 1 fully saturated rings. The van der Waals surface area contributed by atoms with Crippen molar-refractivity contribution >= 4 is 11.8 Å². The van der Waals surface area contributed by atoms with Crippen molar-refractivity contribution in [2.45, 2.75) is 55.1 Å². The summed E-state index contributed by atoms with van der Waals surface area (Å²) in [6, 6.07) is 4.61. The molecule has 5 heteroatoms. The Morgan fingerprint density at radius 2 is 2.22 bits per heavy atom. The SMILES string of the molecule is CC(C)NC1(C#N)CCC(Sc2ncccn2)C1. The van der Waals surface area contributed by atoms with Crippen LogP contribution in [0.25, 0.3) is 0 Å². The minimum Gasteiger partial charge on any atom is -0.297 e. The average Bonchev–Trinajstić information content (AvgIpc) is 2.73. The van der Waals surface area contributed by atoms with Crippen molar-refractivity contribution in [3.05, 3.63) is 18.5 Å². The fourth-order valence-corrected chi connectivity index (χ4v) is 3.56. The molecule has 96 valence electrons. The van der Waals surface area contributed by atoms with Crippen LogP contribution in [0.15, 0.2) is 23.6 Å². The van der Waals surface area contributed by atoms with Gasteiger partial charge in [-0.05, 0) is 39.2 Å². The van der Waals surface area contributed by atoms with Gasteiger partial charge in [0.2, 0.25) is 0 Å². The lowest BCUT2D eigenvalue weighted by Gasteiger charge is -2.25. The Morgan fingerprint density at radius 3 is 2.83 bits per heavy atom. The highest BCUT2D eigenvalue weighted by Gasteiger charge is 2.40. The van der Waals surface area contributed by atoms with E-state index in [-0.39, 0.29) is 5.54 Å². The fraction of sp³-hybridized carbons (Fsp3) is 0.615. The Morgan fingerprint density at radius 1 is 1.50 bits per heavy atom. The van der Waals surface area contributed by atoms with Gasteiger partial charge < -0.3 is 0 Å². The van der Waals surface area contributed by atoms with Gasteiger partial charge in [0, 0.05) is 23.7 Å². The topological polar surface area (TPSA) is 61.6 Å². The molecule has 0 aromatic carbocycles. The molecule has 1 aromatic rings. The number of aromatic nitrogens is 2. The largest absolute Gasteiger partial charge is 0.297 e. The third-order valence-corrected chi connectivity index (χ3v) is 4.22. The highest BCUT2D eigenvalue weighted by Crippen LogP contribution is 2.39. The van der Waals surface area contributed by atoms with E-state index in [0.717, 1.165) is 24.4 Å². The van der Waals surface area contributed by atoms with Crippen LogP contribution in [0.1, 0.15) is 33.1 Å². The standard InChI is InChI=1S/C13H18N4S/c1-10(2)17-13(9-14)5-4-11(8-13)18-12-15-6-3-7-16-12/h3,6-7,10-11,17H,4-5,8H2,1-2H3. The van der Waals surface area contributed by atoms with Crippen LogP contribution in [-0.2, 0) is 0 Å². The summed E-state index contributed by atoms with van der Waals surface area (Å²) in [5.41, 5.74) is -0.361. The van der Waals surface area contributed by atoms with Crippen molar-refractivity contribution < 1.29 is 0 Å². The first-order chi connectivity index (χ1) is 8.63. The van der Waals surface area contributed by atoms with Gasteiger partial charge in [-0.2, -0.15) is 5.26 Å². The minimum absolute atomic E-state index is 0.335. The maximum atomic E-state index is 9.40. The van der Waals surface area contributed by atoms with E-state index in [1.807, 2.05) is 6.07 Å². The lowest BCUT2D eigenvalue weighted by molar-refractivity contribution is 0.386. The zero-order valence-corrected chi connectivity index (χ0v) is 11.6. The predicted octanol–water partition coefficient (Wildman–Crippen LogP) is 2.38. The van der Waals surface area contributed by atoms with E-state index in [1.54, 1.807) is 24.2 Å². The van der Waals surface area contributed by atoms with Gasteiger partial charge in [0.15, 0.2) is 5.16 Å². The Hall–Kier alpha value is -1.12. The third-order valence-electron chi connectivity index (χ3n) is 3.06. The molecule has 0 amide bonds. The van der Waals surface area contributed by atoms with Gasteiger partial charge in [-0.3, -0.25) is 5.32 Å². The Bertz CT molecular complexity index is 428. The molecule has 1 aromatic heterocycles. The molecule has 18 heavy (non-hydrogen) atoms. The van der Waals surface area contributed by atoms with Crippen LogP contribution in [0.5, 0.6) is 0 Å². The highest BCUT2D eigenvalue weighted by atomic mass is 32.2. The van der Waals surface area contributed by atoms with Gasteiger partial charge in [-0.1, -0.05) is 11.8 Å². The molecule has 2 rings (SSSR count). The molecule has 1 N–H and O–H groups in total. The Kier molecular flexibility index (Phi) is 4.20. The van der Waals surface area contributed by atoms with Crippen LogP contribution in [-0.4, -0.2) is 26.8 Å². The monoisotopic (exact) mass is 262 g/mol. The summed E-state index contributed by atoms with van der Waals surface area (Å²) >= 11 is 1.68. The van der Waals surface area contributed by atoms with Gasteiger partial charge in [0.1, 0.15) is 5.54 Å². The summed E-state index contributed by atoms with van der Waals surface area (Å²) < 4.78 is 0. The van der Waals surface area contributed by atoms with Crippen LogP contribution in [0.3, 0.4) is 0 Å². The van der Waals surface area contributed by atoms with Crippen LogP contribution >= 0.6 is 11.8 Å². The van der Waals surface area contributed by atoms with E-state index < -0.39 is 0 Å². The first-order valence-electron chi connectivity index (χ1n) is 6.26. The second-order valence-electron chi connectivity index (χ2n) is 5.01. The number of rotatable bonds is 4. The number of nitrogens with zero attached hydrogens (tertiary/aromatic N) is 3. The first-order valence-corrected chi connectivity index (χ1v) is 7.14. The zero-order chi connectivity index (χ0) is 13.0. The molecular weight excluding hydrogens is 244 g/mol. The molecule has 1 aliphatic rings. The summed E-state index contributed by atoms with van der Waals surface area (Å²) in [4.78, 5) is 8.45. The summed E-state index contributed by atoms with van der Waals surface area (Å²) in [6.07, 6.45) is 6.33.